The number of anilines is 1. The molecule has 2 aromatic rings. The van der Waals surface area contributed by atoms with Crippen molar-refractivity contribution in [1.29, 1.82) is 0 Å². The Morgan fingerprint density at radius 2 is 2.00 bits per heavy atom. The number of carboxylic acid groups (broad SMARTS) is 1. The van der Waals surface area contributed by atoms with E-state index in [-0.39, 0.29) is 11.4 Å². The Morgan fingerprint density at radius 3 is 2.67 bits per heavy atom. The third-order valence-electron chi connectivity index (χ3n) is 3.12. The molecule has 0 spiro atoms. The zero-order valence-electron chi connectivity index (χ0n) is 10.5. The van der Waals surface area contributed by atoms with Crippen molar-refractivity contribution in [3.63, 3.8) is 0 Å². The number of fused-ring (bicyclic) bond motifs is 1. The molecule has 0 saturated heterocycles. The predicted molar refractivity (Wildman–Crippen MR) is 80.9 cm³/mol. The Balaban J connectivity index is 1.95. The van der Waals surface area contributed by atoms with Crippen LogP contribution in [0.2, 0.25) is 0 Å². The maximum absolute atomic E-state index is 12.1. The standard InChI is InChI=1S/C14H8BrNO4S/c15-7-1-3-9-10(5-7)16(13(18)12(9)17)6-8-2-4-11(21-8)14(19)20/h1-5H,6H2,(H,19,20). The van der Waals surface area contributed by atoms with Gasteiger partial charge in [-0.2, -0.15) is 0 Å². The molecule has 1 aliphatic heterocycles. The van der Waals surface area contributed by atoms with Gasteiger partial charge in [0.05, 0.1) is 17.8 Å². The van der Waals surface area contributed by atoms with Crippen LogP contribution in [0.5, 0.6) is 0 Å². The van der Waals surface area contributed by atoms with Gasteiger partial charge in [0.1, 0.15) is 4.88 Å². The Morgan fingerprint density at radius 1 is 1.24 bits per heavy atom. The maximum Gasteiger partial charge on any atom is 0.345 e. The summed E-state index contributed by atoms with van der Waals surface area (Å²) in [5, 5.41) is 8.92. The third-order valence-corrected chi connectivity index (χ3v) is 4.67. The second-order valence-corrected chi connectivity index (χ2v) is 6.54. The van der Waals surface area contributed by atoms with Crippen LogP contribution in [-0.2, 0) is 11.3 Å². The van der Waals surface area contributed by atoms with Gasteiger partial charge in [0.25, 0.3) is 11.7 Å². The van der Waals surface area contributed by atoms with Crippen LogP contribution in [-0.4, -0.2) is 22.8 Å². The van der Waals surface area contributed by atoms with Gasteiger partial charge in [0, 0.05) is 9.35 Å². The Hall–Kier alpha value is -1.99. The summed E-state index contributed by atoms with van der Waals surface area (Å²) in [5.41, 5.74) is 0.919. The van der Waals surface area contributed by atoms with E-state index in [9.17, 15) is 14.4 Å². The molecule has 21 heavy (non-hydrogen) atoms. The highest BCUT2D eigenvalue weighted by Gasteiger charge is 2.36. The number of benzene rings is 1. The van der Waals surface area contributed by atoms with Crippen LogP contribution in [0.4, 0.5) is 5.69 Å². The molecule has 1 aromatic carbocycles. The lowest BCUT2D eigenvalue weighted by atomic mass is 10.1. The van der Waals surface area contributed by atoms with Gasteiger partial charge in [-0.1, -0.05) is 15.9 Å². The number of hydrogen-bond donors (Lipinski definition) is 1. The van der Waals surface area contributed by atoms with Crippen molar-refractivity contribution in [2.24, 2.45) is 0 Å². The van der Waals surface area contributed by atoms with Gasteiger partial charge in [0.2, 0.25) is 0 Å². The fraction of sp³-hybridized carbons (Fsp3) is 0.0714. The number of hydrogen-bond acceptors (Lipinski definition) is 4. The SMILES string of the molecule is O=C(O)c1ccc(CN2C(=O)C(=O)c3ccc(Br)cc32)s1. The van der Waals surface area contributed by atoms with Crippen molar-refractivity contribution in [1.82, 2.24) is 0 Å². The molecule has 1 aromatic heterocycles. The molecule has 1 N–H and O–H groups in total. The first-order chi connectivity index (χ1) is 9.97. The van der Waals surface area contributed by atoms with Crippen molar-refractivity contribution in [2.45, 2.75) is 6.54 Å². The molecule has 0 saturated carbocycles. The second kappa shape index (κ2) is 5.09. The summed E-state index contributed by atoms with van der Waals surface area (Å²) < 4.78 is 0.770. The molecule has 7 heteroatoms. The number of rotatable bonds is 3. The lowest BCUT2D eigenvalue weighted by Crippen LogP contribution is -2.28. The molecule has 106 valence electrons. The van der Waals surface area contributed by atoms with Gasteiger partial charge >= 0.3 is 5.97 Å². The van der Waals surface area contributed by atoms with E-state index >= 15 is 0 Å². The minimum absolute atomic E-state index is 0.186. The number of halogens is 1. The summed E-state index contributed by atoms with van der Waals surface area (Å²) in [5.74, 6) is -2.13. The quantitative estimate of drug-likeness (QED) is 0.848. The van der Waals surface area contributed by atoms with Crippen LogP contribution in [0, 0.1) is 0 Å². The van der Waals surface area contributed by atoms with E-state index in [1.165, 1.54) is 11.0 Å². The van der Waals surface area contributed by atoms with Gasteiger partial charge in [-0.05, 0) is 30.3 Å². The molecule has 3 rings (SSSR count). The first-order valence-corrected chi connectivity index (χ1v) is 7.56. The zero-order valence-corrected chi connectivity index (χ0v) is 12.9. The van der Waals surface area contributed by atoms with E-state index in [4.69, 9.17) is 5.11 Å². The molecule has 0 fully saturated rings. The summed E-state index contributed by atoms with van der Waals surface area (Å²) in [6.45, 7) is 0.186. The summed E-state index contributed by atoms with van der Waals surface area (Å²) >= 11 is 4.41. The highest BCUT2D eigenvalue weighted by atomic mass is 79.9. The van der Waals surface area contributed by atoms with Gasteiger partial charge in [0.15, 0.2) is 0 Å². The van der Waals surface area contributed by atoms with Crippen molar-refractivity contribution < 1.29 is 19.5 Å². The highest BCUT2D eigenvalue weighted by molar-refractivity contribution is 9.10. The number of carbonyl (C=O) groups is 3. The number of thiophene rings is 1. The topological polar surface area (TPSA) is 74.7 Å². The Kier molecular flexibility index (Phi) is 3.38. The van der Waals surface area contributed by atoms with Crippen molar-refractivity contribution in [2.75, 3.05) is 4.90 Å². The van der Waals surface area contributed by atoms with E-state index in [2.05, 4.69) is 15.9 Å². The van der Waals surface area contributed by atoms with Crippen molar-refractivity contribution in [3.05, 3.63) is 50.1 Å². The highest BCUT2D eigenvalue weighted by Crippen LogP contribution is 2.33. The number of carboxylic acids is 1. The monoisotopic (exact) mass is 365 g/mol. The molecule has 0 radical (unpaired) electrons. The van der Waals surface area contributed by atoms with Crippen LogP contribution in [0.1, 0.15) is 24.9 Å². The molecular formula is C14H8BrNO4S. The average molecular weight is 366 g/mol. The number of carbonyl (C=O) groups excluding carboxylic acids is 2. The van der Waals surface area contributed by atoms with E-state index < -0.39 is 17.7 Å². The van der Waals surface area contributed by atoms with Crippen LogP contribution < -0.4 is 4.90 Å². The van der Waals surface area contributed by atoms with Crippen molar-refractivity contribution in [3.8, 4) is 0 Å². The molecule has 1 amide bonds. The summed E-state index contributed by atoms with van der Waals surface area (Å²) in [7, 11) is 0. The zero-order chi connectivity index (χ0) is 15.1. The van der Waals surface area contributed by atoms with Crippen LogP contribution in [0.3, 0.4) is 0 Å². The van der Waals surface area contributed by atoms with Gasteiger partial charge in [-0.15, -0.1) is 11.3 Å². The molecule has 1 aliphatic rings. The first kappa shape index (κ1) is 14.0. The molecule has 2 heterocycles. The maximum atomic E-state index is 12.1. The van der Waals surface area contributed by atoms with Gasteiger partial charge in [-0.25, -0.2) is 4.79 Å². The van der Waals surface area contributed by atoms with Gasteiger partial charge in [-0.3, -0.25) is 14.5 Å². The number of amides is 1. The number of Topliss-reactive ketones (excluding diaryl/α,β-unsaturated/α-hetero) is 1. The lowest BCUT2D eigenvalue weighted by molar-refractivity contribution is -0.114. The fourth-order valence-corrected chi connectivity index (χ4v) is 3.34. The Labute approximate surface area is 131 Å². The Bertz CT molecular complexity index is 783. The third kappa shape index (κ3) is 2.38. The van der Waals surface area contributed by atoms with Crippen LogP contribution in [0.15, 0.2) is 34.8 Å². The summed E-state index contributed by atoms with van der Waals surface area (Å²) in [6, 6.07) is 8.18. The molecule has 0 atom stereocenters. The summed E-state index contributed by atoms with van der Waals surface area (Å²) in [4.78, 5) is 37.2. The molecule has 0 bridgehead atoms. The number of nitrogens with zero attached hydrogens (tertiary/aromatic N) is 1. The van der Waals surface area contributed by atoms with Crippen LogP contribution >= 0.6 is 27.3 Å². The number of aromatic carboxylic acids is 1. The van der Waals surface area contributed by atoms with E-state index in [0.717, 1.165) is 15.8 Å². The first-order valence-electron chi connectivity index (χ1n) is 5.95. The minimum Gasteiger partial charge on any atom is -0.477 e. The van der Waals surface area contributed by atoms with E-state index in [0.29, 0.717) is 16.1 Å². The average Bonchev–Trinajstić information content (AvgIpc) is 2.99. The van der Waals surface area contributed by atoms with E-state index in [1.54, 1.807) is 24.3 Å². The molecular weight excluding hydrogens is 358 g/mol. The lowest BCUT2D eigenvalue weighted by Gasteiger charge is -2.15. The van der Waals surface area contributed by atoms with Gasteiger partial charge < -0.3 is 5.11 Å². The normalized spacial score (nSPS) is 13.7. The summed E-state index contributed by atoms with van der Waals surface area (Å²) in [6.07, 6.45) is 0. The van der Waals surface area contributed by atoms with Crippen molar-refractivity contribution >= 4 is 50.6 Å². The van der Waals surface area contributed by atoms with Crippen LogP contribution in [0.25, 0.3) is 0 Å². The minimum atomic E-state index is -1.00. The molecule has 0 unspecified atom stereocenters. The second-order valence-electron chi connectivity index (χ2n) is 4.45. The smallest absolute Gasteiger partial charge is 0.345 e. The molecule has 0 aliphatic carbocycles. The predicted octanol–water partition coefficient (Wildman–Crippen LogP) is 2.94. The fourth-order valence-electron chi connectivity index (χ4n) is 2.16. The van der Waals surface area contributed by atoms with E-state index in [1.807, 2.05) is 0 Å². The molecule has 5 nitrogen and oxygen atoms in total. The largest absolute Gasteiger partial charge is 0.477 e. The number of ketones is 1.